The highest BCUT2D eigenvalue weighted by molar-refractivity contribution is 5.94. The topological polar surface area (TPSA) is 58.1 Å². The van der Waals surface area contributed by atoms with E-state index in [1.807, 2.05) is 11.0 Å². The van der Waals surface area contributed by atoms with Crippen molar-refractivity contribution in [3.8, 4) is 0 Å². The molecule has 0 spiro atoms. The van der Waals surface area contributed by atoms with Crippen LogP contribution in [0.1, 0.15) is 71.7 Å². The number of carbonyl (C=O) groups excluding carboxylic acids is 1. The van der Waals surface area contributed by atoms with E-state index in [0.29, 0.717) is 12.1 Å². The van der Waals surface area contributed by atoms with Gasteiger partial charge >= 0.3 is 0 Å². The van der Waals surface area contributed by atoms with Crippen LogP contribution in [0, 0.1) is 6.92 Å². The first-order valence-electron chi connectivity index (χ1n) is 9.82. The summed E-state index contributed by atoms with van der Waals surface area (Å²) in [5.41, 5.74) is 4.65. The Bertz CT molecular complexity index is 893. The van der Waals surface area contributed by atoms with Gasteiger partial charge in [-0.05, 0) is 62.8 Å². The molecule has 5 nitrogen and oxygen atoms in total. The number of amides is 1. The van der Waals surface area contributed by atoms with E-state index in [0.717, 1.165) is 49.9 Å². The summed E-state index contributed by atoms with van der Waals surface area (Å²) in [6.07, 6.45) is 6.12. The van der Waals surface area contributed by atoms with Crippen LogP contribution in [0.15, 0.2) is 23.0 Å². The highest BCUT2D eigenvalue weighted by atomic mass is 16.2. The lowest BCUT2D eigenvalue weighted by Gasteiger charge is -2.37. The first-order valence-corrected chi connectivity index (χ1v) is 9.82. The van der Waals surface area contributed by atoms with Crippen molar-refractivity contribution in [3.63, 3.8) is 0 Å². The number of aryl methyl sites for hydroxylation is 3. The number of hydrogen-bond acceptors (Lipinski definition) is 2. The summed E-state index contributed by atoms with van der Waals surface area (Å²) in [5, 5.41) is 0. The van der Waals surface area contributed by atoms with Crippen molar-refractivity contribution in [3.05, 3.63) is 56.8 Å². The van der Waals surface area contributed by atoms with Crippen molar-refractivity contribution >= 4 is 5.91 Å². The van der Waals surface area contributed by atoms with Crippen LogP contribution < -0.4 is 5.56 Å². The number of hydrogen-bond donors (Lipinski definition) is 1. The van der Waals surface area contributed by atoms with E-state index >= 15 is 0 Å². The SMILES string of the molecule is CC[C@H]1c2ccc(C)n2CCN1C(=O)c1cc2c([nH]c1=O)CCCCC2. The Morgan fingerprint density at radius 2 is 2.00 bits per heavy atom. The molecule has 2 aliphatic rings. The number of fused-ring (bicyclic) bond motifs is 2. The molecule has 0 unspecified atom stereocenters. The monoisotopic (exact) mass is 353 g/mol. The number of pyridine rings is 1. The third-order valence-corrected chi connectivity index (χ3v) is 5.98. The first kappa shape index (κ1) is 17.1. The Kier molecular flexibility index (Phi) is 4.47. The van der Waals surface area contributed by atoms with Crippen LogP contribution in [0.5, 0.6) is 0 Å². The Balaban J connectivity index is 1.69. The molecule has 4 rings (SSSR count). The molecule has 1 amide bonds. The third-order valence-electron chi connectivity index (χ3n) is 5.98. The summed E-state index contributed by atoms with van der Waals surface area (Å²) in [6, 6.07) is 6.13. The average molecular weight is 353 g/mol. The Morgan fingerprint density at radius 3 is 2.81 bits per heavy atom. The zero-order chi connectivity index (χ0) is 18.3. The minimum absolute atomic E-state index is 0.0307. The lowest BCUT2D eigenvalue weighted by atomic mass is 10.0. The minimum atomic E-state index is -0.234. The van der Waals surface area contributed by atoms with Crippen molar-refractivity contribution in [2.75, 3.05) is 6.54 Å². The molecule has 3 heterocycles. The molecule has 5 heteroatoms. The molecule has 138 valence electrons. The molecule has 0 saturated carbocycles. The molecular formula is C21H27N3O2. The van der Waals surface area contributed by atoms with E-state index < -0.39 is 0 Å². The molecule has 26 heavy (non-hydrogen) atoms. The number of H-pyrrole nitrogens is 1. The number of aromatic nitrogens is 2. The van der Waals surface area contributed by atoms with Gasteiger partial charge in [-0.15, -0.1) is 0 Å². The Labute approximate surface area is 154 Å². The van der Waals surface area contributed by atoms with Crippen LogP contribution in [0.2, 0.25) is 0 Å². The molecule has 0 fully saturated rings. The largest absolute Gasteiger partial charge is 0.345 e. The maximum Gasteiger partial charge on any atom is 0.261 e. The summed E-state index contributed by atoms with van der Waals surface area (Å²) >= 11 is 0. The quantitative estimate of drug-likeness (QED) is 0.842. The van der Waals surface area contributed by atoms with Crippen molar-refractivity contribution in [1.29, 1.82) is 0 Å². The van der Waals surface area contributed by atoms with Crippen molar-refractivity contribution in [1.82, 2.24) is 14.5 Å². The molecule has 2 aromatic heterocycles. The van der Waals surface area contributed by atoms with E-state index in [4.69, 9.17) is 0 Å². The summed E-state index contributed by atoms with van der Waals surface area (Å²) in [5.74, 6) is -0.129. The van der Waals surface area contributed by atoms with Crippen LogP contribution >= 0.6 is 0 Å². The molecule has 2 aromatic rings. The lowest BCUT2D eigenvalue weighted by molar-refractivity contribution is 0.0614. The van der Waals surface area contributed by atoms with Gasteiger partial charge in [0, 0.05) is 30.2 Å². The van der Waals surface area contributed by atoms with Gasteiger partial charge in [-0.2, -0.15) is 0 Å². The zero-order valence-electron chi connectivity index (χ0n) is 15.7. The maximum absolute atomic E-state index is 13.3. The van der Waals surface area contributed by atoms with Crippen LogP contribution in [-0.2, 0) is 19.4 Å². The van der Waals surface area contributed by atoms with Gasteiger partial charge in [0.05, 0.1) is 6.04 Å². The van der Waals surface area contributed by atoms with E-state index in [2.05, 4.69) is 35.5 Å². The number of rotatable bonds is 2. The summed E-state index contributed by atoms with van der Waals surface area (Å²) in [4.78, 5) is 30.8. The normalized spacial score (nSPS) is 19.6. The number of carbonyl (C=O) groups is 1. The van der Waals surface area contributed by atoms with Crippen molar-refractivity contribution in [2.45, 2.75) is 65.0 Å². The minimum Gasteiger partial charge on any atom is -0.345 e. The number of nitrogens with one attached hydrogen (secondary N) is 1. The summed E-state index contributed by atoms with van der Waals surface area (Å²) < 4.78 is 2.29. The highest BCUT2D eigenvalue weighted by Gasteiger charge is 2.32. The maximum atomic E-state index is 13.3. The van der Waals surface area contributed by atoms with Gasteiger partial charge in [-0.1, -0.05) is 13.3 Å². The fourth-order valence-corrected chi connectivity index (χ4v) is 4.55. The molecule has 0 aromatic carbocycles. The smallest absolute Gasteiger partial charge is 0.261 e. The predicted octanol–water partition coefficient (Wildman–Crippen LogP) is 3.36. The van der Waals surface area contributed by atoms with Gasteiger partial charge in [0.25, 0.3) is 11.5 Å². The first-order chi connectivity index (χ1) is 12.6. The molecule has 1 atom stereocenters. The van der Waals surface area contributed by atoms with Gasteiger partial charge in [0.2, 0.25) is 0 Å². The molecule has 1 aliphatic heterocycles. The van der Waals surface area contributed by atoms with Gasteiger partial charge < -0.3 is 14.5 Å². The summed E-state index contributed by atoms with van der Waals surface area (Å²) in [6.45, 7) is 5.64. The van der Waals surface area contributed by atoms with Gasteiger partial charge in [0.1, 0.15) is 5.56 Å². The number of nitrogens with zero attached hydrogens (tertiary/aromatic N) is 2. The fourth-order valence-electron chi connectivity index (χ4n) is 4.55. The van der Waals surface area contributed by atoms with Crippen molar-refractivity contribution in [2.24, 2.45) is 0 Å². The van der Waals surface area contributed by atoms with Crippen LogP contribution in [0.4, 0.5) is 0 Å². The van der Waals surface area contributed by atoms with Gasteiger partial charge in [-0.25, -0.2) is 0 Å². The Hall–Kier alpha value is -2.30. The Morgan fingerprint density at radius 1 is 1.19 bits per heavy atom. The highest BCUT2D eigenvalue weighted by Crippen LogP contribution is 2.31. The predicted molar refractivity (Wildman–Crippen MR) is 102 cm³/mol. The van der Waals surface area contributed by atoms with Crippen molar-refractivity contribution < 1.29 is 4.79 Å². The second-order valence-corrected chi connectivity index (χ2v) is 7.55. The van der Waals surface area contributed by atoms with Crippen LogP contribution in [0.25, 0.3) is 0 Å². The summed E-state index contributed by atoms with van der Waals surface area (Å²) in [7, 11) is 0. The van der Waals surface area contributed by atoms with E-state index in [-0.39, 0.29) is 17.5 Å². The van der Waals surface area contributed by atoms with E-state index in [9.17, 15) is 9.59 Å². The van der Waals surface area contributed by atoms with E-state index in [1.165, 1.54) is 17.8 Å². The lowest BCUT2D eigenvalue weighted by Crippen LogP contribution is -2.43. The van der Waals surface area contributed by atoms with Gasteiger partial charge in [0.15, 0.2) is 0 Å². The second kappa shape index (κ2) is 6.78. The van der Waals surface area contributed by atoms with Crippen LogP contribution in [-0.4, -0.2) is 26.9 Å². The molecule has 0 bridgehead atoms. The standard InChI is InChI=1S/C21H27N3O2/c1-3-18-19-10-9-14(2)23(19)11-12-24(18)21(26)16-13-15-7-5-4-6-8-17(15)22-20(16)25/h9-10,13,18H,3-8,11-12H2,1-2H3,(H,22,25)/t18-/m0/s1. The molecule has 1 N–H and O–H groups in total. The third kappa shape index (κ3) is 2.79. The average Bonchev–Trinajstić information content (AvgIpc) is 2.87. The molecular weight excluding hydrogens is 326 g/mol. The van der Waals surface area contributed by atoms with E-state index in [1.54, 1.807) is 0 Å². The number of aromatic amines is 1. The molecule has 0 saturated heterocycles. The molecule has 1 aliphatic carbocycles. The fraction of sp³-hybridized carbons (Fsp3) is 0.524. The molecule has 0 radical (unpaired) electrons. The zero-order valence-corrected chi connectivity index (χ0v) is 15.7. The van der Waals surface area contributed by atoms with Crippen LogP contribution in [0.3, 0.4) is 0 Å². The second-order valence-electron chi connectivity index (χ2n) is 7.55. The van der Waals surface area contributed by atoms with Gasteiger partial charge in [-0.3, -0.25) is 9.59 Å².